The Morgan fingerprint density at radius 1 is 0.783 bits per heavy atom. The van der Waals surface area contributed by atoms with Gasteiger partial charge < -0.3 is 4.74 Å². The molecule has 0 aliphatic heterocycles. The molecule has 0 saturated heterocycles. The van der Waals surface area contributed by atoms with Crippen LogP contribution in [0.5, 0.6) is 5.75 Å². The molecule has 3 atom stereocenters. The van der Waals surface area contributed by atoms with Crippen molar-refractivity contribution in [2.75, 3.05) is 6.61 Å². The van der Waals surface area contributed by atoms with E-state index in [0.29, 0.717) is 18.8 Å². The van der Waals surface area contributed by atoms with Gasteiger partial charge in [-0.3, -0.25) is 0 Å². The van der Waals surface area contributed by atoms with Gasteiger partial charge in [-0.15, -0.1) is 0 Å². The first-order valence-electron chi connectivity index (χ1n) is 8.74. The van der Waals surface area contributed by atoms with E-state index < -0.39 is 0 Å². The van der Waals surface area contributed by atoms with E-state index in [-0.39, 0.29) is 11.8 Å². The molecule has 1 heteroatoms. The smallest absolute Gasteiger partial charge is 0.119 e. The van der Waals surface area contributed by atoms with Gasteiger partial charge in [0.1, 0.15) is 5.75 Å². The molecule has 8 radical (unpaired) electrons. The van der Waals surface area contributed by atoms with Crippen molar-refractivity contribution in [1.82, 2.24) is 0 Å². The predicted molar refractivity (Wildman–Crippen MR) is 96.5 cm³/mol. The van der Waals surface area contributed by atoms with E-state index in [1.54, 1.807) is 0 Å². The average molecular weight is 310 g/mol. The van der Waals surface area contributed by atoms with Gasteiger partial charge in [0.15, 0.2) is 0 Å². The zero-order valence-corrected chi connectivity index (χ0v) is 14.2. The molecule has 1 rings (SSSR count). The summed E-state index contributed by atoms with van der Waals surface area (Å²) in [5.74, 6) is 1.73. The summed E-state index contributed by atoms with van der Waals surface area (Å²) in [7, 11) is 0. The number of ether oxygens (including phenoxy) is 1. The molecule has 0 amide bonds. The second-order valence-electron chi connectivity index (χ2n) is 6.32. The van der Waals surface area contributed by atoms with Crippen LogP contribution in [0.2, 0.25) is 0 Å². The molecule has 1 nitrogen and oxygen atoms in total. The molecule has 0 aliphatic carbocycles. The first kappa shape index (κ1) is 20.1. The second kappa shape index (κ2) is 12.4. The summed E-state index contributed by atoms with van der Waals surface area (Å²) in [6, 6.07) is 9.94. The monoisotopic (exact) mass is 310 g/mol. The quantitative estimate of drug-likeness (QED) is 0.442. The Bertz CT molecular complexity index is 373. The van der Waals surface area contributed by atoms with Crippen LogP contribution >= 0.6 is 0 Å². The van der Waals surface area contributed by atoms with E-state index >= 15 is 0 Å². The van der Waals surface area contributed by atoms with E-state index in [1.165, 1.54) is 0 Å². The van der Waals surface area contributed by atoms with Crippen molar-refractivity contribution in [3.8, 4) is 5.75 Å². The largest absolute Gasteiger partial charge is 0.494 e. The highest BCUT2D eigenvalue weighted by atomic mass is 16.5. The number of para-hydroxylation sites is 1. The summed E-state index contributed by atoms with van der Waals surface area (Å²) in [6.07, 6.45) is 7.42. The Kier molecular flexibility index (Phi) is 10.9. The van der Waals surface area contributed by atoms with Crippen LogP contribution in [-0.4, -0.2) is 6.61 Å². The zero-order valence-electron chi connectivity index (χ0n) is 14.2. The highest BCUT2D eigenvalue weighted by molar-refractivity contribution is 5.20. The summed E-state index contributed by atoms with van der Waals surface area (Å²) < 4.78 is 5.82. The van der Waals surface area contributed by atoms with Gasteiger partial charge in [0.2, 0.25) is 0 Å². The maximum absolute atomic E-state index is 5.95. The van der Waals surface area contributed by atoms with Crippen molar-refractivity contribution in [2.24, 2.45) is 17.8 Å². The highest BCUT2D eigenvalue weighted by Gasteiger charge is 2.12. The Hall–Kier alpha value is -0.980. The van der Waals surface area contributed by atoms with E-state index in [4.69, 9.17) is 32.4 Å². The standard InChI is InChI=1S/C22H30O/c1-5-19(3)11-10-12-21(16-15-20(4)6-2)17-18-23-22-13-8-7-9-14-22/h1-4,7-9,13-14,19-21H,5-6,10-12,15-18H2. The molecule has 0 aromatic heterocycles. The summed E-state index contributed by atoms with van der Waals surface area (Å²) in [5.41, 5.74) is 0. The third kappa shape index (κ3) is 9.69. The fourth-order valence-corrected chi connectivity index (χ4v) is 2.65. The van der Waals surface area contributed by atoms with Crippen molar-refractivity contribution in [3.05, 3.63) is 58.0 Å². The number of rotatable bonds is 13. The summed E-state index contributed by atoms with van der Waals surface area (Å²) >= 11 is 0. The molecular weight excluding hydrogens is 280 g/mol. The minimum absolute atomic E-state index is 0.0961. The Labute approximate surface area is 144 Å². The van der Waals surface area contributed by atoms with Crippen LogP contribution in [0.1, 0.15) is 51.4 Å². The lowest BCUT2D eigenvalue weighted by Gasteiger charge is -2.20. The van der Waals surface area contributed by atoms with Crippen LogP contribution in [-0.2, 0) is 0 Å². The first-order valence-corrected chi connectivity index (χ1v) is 8.74. The van der Waals surface area contributed by atoms with Gasteiger partial charge in [-0.2, -0.15) is 0 Å². The zero-order chi connectivity index (χ0) is 16.9. The van der Waals surface area contributed by atoms with Crippen molar-refractivity contribution < 1.29 is 4.74 Å². The third-order valence-electron chi connectivity index (χ3n) is 4.28. The molecule has 0 bridgehead atoms. The van der Waals surface area contributed by atoms with Gasteiger partial charge in [0, 0.05) is 0 Å². The Balaban J connectivity index is 2.33. The molecule has 0 aliphatic rings. The van der Waals surface area contributed by atoms with Gasteiger partial charge in [-0.05, 0) is 83.3 Å². The molecule has 1 aromatic carbocycles. The molecule has 0 fully saturated rings. The minimum atomic E-state index is 0.0961. The van der Waals surface area contributed by atoms with Gasteiger partial charge in [-0.1, -0.05) is 43.9 Å². The minimum Gasteiger partial charge on any atom is -0.494 e. The molecular formula is C22H30O. The average Bonchev–Trinajstić information content (AvgIpc) is 2.59. The van der Waals surface area contributed by atoms with Crippen LogP contribution in [0, 0.1) is 45.4 Å². The molecule has 23 heavy (non-hydrogen) atoms. The maximum atomic E-state index is 5.95. The molecule has 0 N–H and O–H groups in total. The predicted octanol–water partition coefficient (Wildman–Crippen LogP) is 5.88. The van der Waals surface area contributed by atoms with Gasteiger partial charge in [0.25, 0.3) is 0 Å². The van der Waals surface area contributed by atoms with Crippen LogP contribution in [0.15, 0.2) is 30.3 Å². The molecule has 0 saturated carbocycles. The highest BCUT2D eigenvalue weighted by Crippen LogP contribution is 2.24. The number of hydrogen-bond donors (Lipinski definition) is 0. The summed E-state index contributed by atoms with van der Waals surface area (Å²) in [5, 5.41) is 0. The third-order valence-corrected chi connectivity index (χ3v) is 4.28. The number of benzene rings is 1. The second-order valence-corrected chi connectivity index (χ2v) is 6.32. The maximum Gasteiger partial charge on any atom is 0.119 e. The van der Waals surface area contributed by atoms with E-state index in [0.717, 1.165) is 50.9 Å². The fraction of sp³-hybridized carbons (Fsp3) is 0.545. The molecule has 3 unspecified atom stereocenters. The molecule has 1 aromatic rings. The fourth-order valence-electron chi connectivity index (χ4n) is 2.65. The SMILES string of the molecule is [CH]CC([CH])CCCC(CCOc1ccccc1)CCC([CH])C[CH]. The Morgan fingerprint density at radius 3 is 2.09 bits per heavy atom. The van der Waals surface area contributed by atoms with Crippen LogP contribution in [0.3, 0.4) is 0 Å². The van der Waals surface area contributed by atoms with Crippen LogP contribution in [0.25, 0.3) is 0 Å². The van der Waals surface area contributed by atoms with Crippen molar-refractivity contribution in [2.45, 2.75) is 51.4 Å². The normalized spacial score (nSPS) is 15.1. The number of hydrogen-bond acceptors (Lipinski definition) is 1. The van der Waals surface area contributed by atoms with Crippen molar-refractivity contribution >= 4 is 0 Å². The topological polar surface area (TPSA) is 9.23 Å². The van der Waals surface area contributed by atoms with E-state index in [1.807, 2.05) is 30.3 Å². The first-order chi connectivity index (χ1) is 11.2. The van der Waals surface area contributed by atoms with E-state index in [9.17, 15) is 0 Å². The van der Waals surface area contributed by atoms with Crippen LogP contribution < -0.4 is 4.74 Å². The van der Waals surface area contributed by atoms with Crippen molar-refractivity contribution in [3.63, 3.8) is 0 Å². The van der Waals surface area contributed by atoms with E-state index in [2.05, 4.69) is 0 Å². The van der Waals surface area contributed by atoms with Crippen molar-refractivity contribution in [1.29, 1.82) is 0 Å². The van der Waals surface area contributed by atoms with Gasteiger partial charge in [0.05, 0.1) is 6.61 Å². The van der Waals surface area contributed by atoms with Gasteiger partial charge in [-0.25, -0.2) is 0 Å². The lowest BCUT2D eigenvalue weighted by Crippen LogP contribution is -2.10. The lowest BCUT2D eigenvalue weighted by molar-refractivity contribution is 0.255. The van der Waals surface area contributed by atoms with Crippen LogP contribution in [0.4, 0.5) is 0 Å². The summed E-state index contributed by atoms with van der Waals surface area (Å²) in [4.78, 5) is 0. The Morgan fingerprint density at radius 2 is 1.43 bits per heavy atom. The molecule has 124 valence electrons. The molecule has 0 spiro atoms. The summed E-state index contributed by atoms with van der Waals surface area (Å²) in [6.45, 7) is 23.8. The molecule has 0 heterocycles. The van der Waals surface area contributed by atoms with Gasteiger partial charge >= 0.3 is 0 Å². The lowest BCUT2D eigenvalue weighted by atomic mass is 9.88.